The molecule has 1 heterocycles. The van der Waals surface area contributed by atoms with Gasteiger partial charge in [-0.2, -0.15) is 0 Å². The molecule has 0 bridgehead atoms. The summed E-state index contributed by atoms with van der Waals surface area (Å²) in [5.74, 6) is 0. The van der Waals surface area contributed by atoms with Gasteiger partial charge in [-0.05, 0) is 37.3 Å². The molecule has 2 rings (SSSR count). The Labute approximate surface area is 132 Å². The maximum atomic E-state index is 5.64. The lowest BCUT2D eigenvalue weighted by Gasteiger charge is -2.19. The highest BCUT2D eigenvalue weighted by molar-refractivity contribution is 7.15. The van der Waals surface area contributed by atoms with Crippen molar-refractivity contribution in [3.8, 4) is 10.4 Å². The summed E-state index contributed by atoms with van der Waals surface area (Å²) in [7, 11) is 0. The van der Waals surface area contributed by atoms with Gasteiger partial charge in [0.05, 0.1) is 23.3 Å². The van der Waals surface area contributed by atoms with Gasteiger partial charge in [-0.15, -0.1) is 11.3 Å². The first kappa shape index (κ1) is 16.2. The monoisotopic (exact) mass is 303 g/mol. The Balaban J connectivity index is 2.22. The molecule has 0 aliphatic heterocycles. The number of hydrogen-bond acceptors (Lipinski definition) is 3. The summed E-state index contributed by atoms with van der Waals surface area (Å²) in [6.07, 6.45) is 0.240. The van der Waals surface area contributed by atoms with Crippen LogP contribution in [0.1, 0.15) is 50.9 Å². The van der Waals surface area contributed by atoms with Gasteiger partial charge in [-0.25, -0.2) is 4.98 Å². The lowest BCUT2D eigenvalue weighted by Crippen LogP contribution is -2.10. The molecule has 0 aliphatic carbocycles. The Kier molecular flexibility index (Phi) is 4.84. The zero-order valence-electron chi connectivity index (χ0n) is 13.9. The van der Waals surface area contributed by atoms with Crippen LogP contribution in [0.4, 0.5) is 0 Å². The van der Waals surface area contributed by atoms with E-state index in [9.17, 15) is 0 Å². The molecule has 0 N–H and O–H groups in total. The molecule has 0 unspecified atom stereocenters. The van der Waals surface area contributed by atoms with Crippen LogP contribution in [-0.2, 0) is 16.8 Å². The van der Waals surface area contributed by atoms with E-state index in [1.807, 2.05) is 13.8 Å². The van der Waals surface area contributed by atoms with E-state index < -0.39 is 0 Å². The van der Waals surface area contributed by atoms with Gasteiger partial charge >= 0.3 is 0 Å². The fraction of sp³-hybridized carbons (Fsp3) is 0.500. The minimum Gasteiger partial charge on any atom is -0.372 e. The molecule has 0 saturated carbocycles. The van der Waals surface area contributed by atoms with E-state index >= 15 is 0 Å². The molecule has 0 spiro atoms. The fourth-order valence-electron chi connectivity index (χ4n) is 2.14. The van der Waals surface area contributed by atoms with Crippen molar-refractivity contribution in [1.82, 2.24) is 4.98 Å². The quantitative estimate of drug-likeness (QED) is 0.760. The zero-order valence-corrected chi connectivity index (χ0v) is 14.7. The Hall–Kier alpha value is -1.19. The van der Waals surface area contributed by atoms with Gasteiger partial charge in [-0.1, -0.05) is 45.0 Å². The Morgan fingerprint density at radius 3 is 2.29 bits per heavy atom. The van der Waals surface area contributed by atoms with Gasteiger partial charge in [0.1, 0.15) is 5.01 Å². The molecule has 114 valence electrons. The minimum absolute atomic E-state index is 0.192. The summed E-state index contributed by atoms with van der Waals surface area (Å²) >= 11 is 1.73. The number of hydrogen-bond donors (Lipinski definition) is 0. The molecule has 21 heavy (non-hydrogen) atoms. The van der Waals surface area contributed by atoms with E-state index in [1.54, 1.807) is 11.3 Å². The van der Waals surface area contributed by atoms with Crippen LogP contribution in [0.5, 0.6) is 0 Å². The van der Waals surface area contributed by atoms with Crippen molar-refractivity contribution < 1.29 is 4.74 Å². The highest BCUT2D eigenvalue weighted by atomic mass is 32.1. The van der Waals surface area contributed by atoms with Crippen molar-refractivity contribution in [2.75, 3.05) is 0 Å². The Morgan fingerprint density at radius 2 is 1.76 bits per heavy atom. The number of rotatable bonds is 4. The first-order valence-electron chi connectivity index (χ1n) is 7.46. The van der Waals surface area contributed by atoms with E-state index in [0.717, 1.165) is 10.7 Å². The normalized spacial score (nSPS) is 12.1. The number of thiazole rings is 1. The molecule has 1 aromatic carbocycles. The Morgan fingerprint density at radius 1 is 1.14 bits per heavy atom. The van der Waals surface area contributed by atoms with Crippen LogP contribution < -0.4 is 0 Å². The van der Waals surface area contributed by atoms with Crippen molar-refractivity contribution in [2.24, 2.45) is 0 Å². The summed E-state index contributed by atoms with van der Waals surface area (Å²) in [6.45, 7) is 13.5. The second-order valence-electron chi connectivity index (χ2n) is 6.71. The lowest BCUT2D eigenvalue weighted by atomic mass is 9.86. The molecule has 0 amide bonds. The molecular formula is C18H25NOS. The maximum Gasteiger partial charge on any atom is 0.119 e. The largest absolute Gasteiger partial charge is 0.372 e. The van der Waals surface area contributed by atoms with Crippen molar-refractivity contribution in [3.63, 3.8) is 0 Å². The van der Waals surface area contributed by atoms with Crippen LogP contribution in [-0.4, -0.2) is 11.1 Å². The van der Waals surface area contributed by atoms with E-state index in [1.165, 1.54) is 16.0 Å². The van der Waals surface area contributed by atoms with E-state index in [4.69, 9.17) is 4.74 Å². The number of aromatic nitrogens is 1. The molecule has 1 aromatic heterocycles. The van der Waals surface area contributed by atoms with Gasteiger partial charge in [-0.3, -0.25) is 0 Å². The van der Waals surface area contributed by atoms with E-state index in [-0.39, 0.29) is 11.5 Å². The predicted octanol–water partition coefficient (Wildman–Crippen LogP) is 5.34. The summed E-state index contributed by atoms with van der Waals surface area (Å²) in [4.78, 5) is 5.87. The van der Waals surface area contributed by atoms with Crippen molar-refractivity contribution in [1.29, 1.82) is 0 Å². The first-order chi connectivity index (χ1) is 9.77. The van der Waals surface area contributed by atoms with Crippen molar-refractivity contribution in [3.05, 3.63) is 40.5 Å². The number of nitrogens with zero attached hydrogens (tertiary/aromatic N) is 1. The fourth-order valence-corrected chi connectivity index (χ4v) is 3.13. The Bertz CT molecular complexity index is 591. The third kappa shape index (κ3) is 4.14. The van der Waals surface area contributed by atoms with Crippen LogP contribution in [0.3, 0.4) is 0 Å². The predicted molar refractivity (Wildman–Crippen MR) is 90.9 cm³/mol. The third-order valence-corrected chi connectivity index (χ3v) is 4.57. The standard InChI is InChI=1S/C18H25NOS/c1-12(2)20-11-16-19-13(3)17(21-16)14-7-9-15(10-8-14)18(4,5)6/h7-10,12H,11H2,1-6H3. The number of ether oxygens (including phenoxy) is 1. The first-order valence-corrected chi connectivity index (χ1v) is 8.28. The molecular weight excluding hydrogens is 278 g/mol. The topological polar surface area (TPSA) is 22.1 Å². The SMILES string of the molecule is Cc1nc(COC(C)C)sc1-c1ccc(C(C)(C)C)cc1. The lowest BCUT2D eigenvalue weighted by molar-refractivity contribution is 0.0655. The van der Waals surface area contributed by atoms with E-state index in [0.29, 0.717) is 6.61 Å². The van der Waals surface area contributed by atoms with Crippen LogP contribution in [0.2, 0.25) is 0 Å². The number of benzene rings is 1. The van der Waals surface area contributed by atoms with Gasteiger partial charge in [0.2, 0.25) is 0 Å². The summed E-state index contributed by atoms with van der Waals surface area (Å²) in [5.41, 5.74) is 3.88. The highest BCUT2D eigenvalue weighted by Crippen LogP contribution is 2.32. The second kappa shape index (κ2) is 6.29. The molecule has 3 heteroatoms. The zero-order chi connectivity index (χ0) is 15.6. The van der Waals surface area contributed by atoms with Gasteiger partial charge in [0, 0.05) is 0 Å². The van der Waals surface area contributed by atoms with Crippen LogP contribution in [0.25, 0.3) is 10.4 Å². The van der Waals surface area contributed by atoms with Gasteiger partial charge in [0.15, 0.2) is 0 Å². The van der Waals surface area contributed by atoms with Crippen molar-refractivity contribution >= 4 is 11.3 Å². The minimum atomic E-state index is 0.192. The molecule has 0 atom stereocenters. The maximum absolute atomic E-state index is 5.64. The summed E-state index contributed by atoms with van der Waals surface area (Å²) in [6, 6.07) is 8.85. The smallest absolute Gasteiger partial charge is 0.119 e. The average Bonchev–Trinajstić information content (AvgIpc) is 2.77. The summed E-state index contributed by atoms with van der Waals surface area (Å²) in [5, 5.41) is 1.05. The summed E-state index contributed by atoms with van der Waals surface area (Å²) < 4.78 is 5.64. The third-order valence-electron chi connectivity index (χ3n) is 3.39. The average molecular weight is 303 g/mol. The van der Waals surface area contributed by atoms with Crippen LogP contribution >= 0.6 is 11.3 Å². The van der Waals surface area contributed by atoms with Gasteiger partial charge < -0.3 is 4.74 Å². The molecule has 0 aliphatic rings. The molecule has 2 nitrogen and oxygen atoms in total. The molecule has 0 saturated heterocycles. The second-order valence-corrected chi connectivity index (χ2v) is 7.79. The van der Waals surface area contributed by atoms with Gasteiger partial charge in [0.25, 0.3) is 0 Å². The van der Waals surface area contributed by atoms with Crippen molar-refractivity contribution in [2.45, 2.75) is 59.7 Å². The van der Waals surface area contributed by atoms with E-state index in [2.05, 4.69) is 56.9 Å². The highest BCUT2D eigenvalue weighted by Gasteiger charge is 2.15. The number of aryl methyl sites for hydroxylation is 1. The molecule has 0 radical (unpaired) electrons. The van der Waals surface area contributed by atoms with Crippen LogP contribution in [0, 0.1) is 6.92 Å². The molecule has 2 aromatic rings. The molecule has 0 fully saturated rings. The van der Waals surface area contributed by atoms with Crippen LogP contribution in [0.15, 0.2) is 24.3 Å².